The Balaban J connectivity index is 1.41. The number of nitrogens with zero attached hydrogens (tertiary/aromatic N) is 3. The van der Waals surface area contributed by atoms with Crippen molar-refractivity contribution in [2.24, 2.45) is 0 Å². The molecule has 3 heterocycles. The number of ether oxygens (including phenoxy) is 5. The van der Waals surface area contributed by atoms with Crippen molar-refractivity contribution >= 4 is 48.0 Å². The first-order valence-electron chi connectivity index (χ1n) is 14.3. The third-order valence-electron chi connectivity index (χ3n) is 6.66. The fourth-order valence-electron chi connectivity index (χ4n) is 4.39. The quantitative estimate of drug-likeness (QED) is 0.0877. The summed E-state index contributed by atoms with van der Waals surface area (Å²) >= 11 is 6.32. The first-order valence-corrected chi connectivity index (χ1v) is 16.4. The van der Waals surface area contributed by atoms with Crippen molar-refractivity contribution in [1.82, 2.24) is 14.8 Å². The van der Waals surface area contributed by atoms with E-state index in [1.54, 1.807) is 32.0 Å². The van der Waals surface area contributed by atoms with Crippen molar-refractivity contribution in [3.63, 3.8) is 0 Å². The number of benzene rings is 1. The SMILES string of the molecule is CC(=O)OCOP(=O)(COC[C@H]1O[C@@H](n2ncc3c(N[C@@H](C)c4ccc(F)cc4)cc(Cl)nc32)[C@H](O)[C@@H]1O)OCOC(=O)OC(C)C. The van der Waals surface area contributed by atoms with Crippen LogP contribution in [0.15, 0.2) is 36.5 Å². The van der Waals surface area contributed by atoms with Gasteiger partial charge in [0.25, 0.3) is 0 Å². The molecule has 1 fully saturated rings. The van der Waals surface area contributed by atoms with E-state index in [0.29, 0.717) is 11.1 Å². The maximum Gasteiger partial charge on any atom is 0.510 e. The number of pyridine rings is 1. The van der Waals surface area contributed by atoms with E-state index in [1.807, 2.05) is 6.92 Å². The molecule has 6 atom stereocenters. The predicted octanol–water partition coefficient (Wildman–Crippen LogP) is 4.26. The molecule has 2 aromatic heterocycles. The van der Waals surface area contributed by atoms with Crippen LogP contribution in [0.5, 0.6) is 0 Å². The summed E-state index contributed by atoms with van der Waals surface area (Å²) in [7, 11) is -4.20. The number of anilines is 1. The van der Waals surface area contributed by atoms with Gasteiger partial charge in [0.1, 0.15) is 35.6 Å². The monoisotopic (exact) mass is 704 g/mol. The zero-order chi connectivity index (χ0) is 34.3. The molecular weight excluding hydrogens is 670 g/mol. The van der Waals surface area contributed by atoms with Gasteiger partial charge in [0.2, 0.25) is 13.6 Å². The minimum absolute atomic E-state index is 0.104. The van der Waals surface area contributed by atoms with Gasteiger partial charge in [-0.25, -0.2) is 18.9 Å². The molecule has 1 aliphatic rings. The van der Waals surface area contributed by atoms with E-state index in [4.69, 9.17) is 39.6 Å². The number of aliphatic hydroxyl groups is 2. The van der Waals surface area contributed by atoms with E-state index in [1.165, 1.54) is 23.0 Å². The van der Waals surface area contributed by atoms with Crippen molar-refractivity contribution in [2.45, 2.75) is 64.4 Å². The maximum absolute atomic E-state index is 13.4. The molecule has 1 aromatic carbocycles. The number of esters is 1. The molecule has 0 radical (unpaired) electrons. The van der Waals surface area contributed by atoms with Crippen molar-refractivity contribution in [3.8, 4) is 0 Å². The van der Waals surface area contributed by atoms with Gasteiger partial charge in [0, 0.05) is 13.0 Å². The minimum atomic E-state index is -4.20. The molecule has 258 valence electrons. The largest absolute Gasteiger partial charge is 0.510 e. The lowest BCUT2D eigenvalue weighted by molar-refractivity contribution is -0.148. The highest BCUT2D eigenvalue weighted by Crippen LogP contribution is 2.48. The highest BCUT2D eigenvalue weighted by atomic mass is 35.5. The fourth-order valence-corrected chi connectivity index (χ4v) is 5.56. The molecule has 47 heavy (non-hydrogen) atoms. The van der Waals surface area contributed by atoms with E-state index in [9.17, 15) is 28.8 Å². The van der Waals surface area contributed by atoms with Crippen LogP contribution in [-0.4, -0.2) is 88.1 Å². The normalized spacial score (nSPS) is 21.4. The Kier molecular flexibility index (Phi) is 12.5. The molecule has 0 aliphatic carbocycles. The van der Waals surface area contributed by atoms with Crippen LogP contribution in [0.3, 0.4) is 0 Å². The van der Waals surface area contributed by atoms with Crippen LogP contribution in [-0.2, 0) is 42.1 Å². The average molecular weight is 705 g/mol. The van der Waals surface area contributed by atoms with Crippen LogP contribution in [0.2, 0.25) is 5.15 Å². The van der Waals surface area contributed by atoms with E-state index in [2.05, 4.69) is 20.1 Å². The highest BCUT2D eigenvalue weighted by molar-refractivity contribution is 7.53. The summed E-state index contributed by atoms with van der Waals surface area (Å²) in [5.74, 6) is -1.08. The number of hydrogen-bond acceptors (Lipinski definition) is 15. The van der Waals surface area contributed by atoms with Crippen LogP contribution in [0.25, 0.3) is 11.0 Å². The Morgan fingerprint density at radius 2 is 1.81 bits per heavy atom. The summed E-state index contributed by atoms with van der Waals surface area (Å²) < 4.78 is 63.4. The number of aliphatic hydroxyl groups excluding tert-OH is 2. The van der Waals surface area contributed by atoms with Gasteiger partial charge in [0.05, 0.1) is 30.0 Å². The zero-order valence-corrected chi connectivity index (χ0v) is 27.4. The second-order valence-corrected chi connectivity index (χ2v) is 13.0. The molecule has 19 heteroatoms. The second-order valence-electron chi connectivity index (χ2n) is 10.6. The topological polar surface area (TPSA) is 199 Å². The molecule has 1 aliphatic heterocycles. The second kappa shape index (κ2) is 16.1. The Hall–Kier alpha value is -3.41. The van der Waals surface area contributed by atoms with Crippen LogP contribution in [0.1, 0.15) is 45.5 Å². The summed E-state index contributed by atoms with van der Waals surface area (Å²) in [4.78, 5) is 27.0. The van der Waals surface area contributed by atoms with Gasteiger partial charge < -0.3 is 39.2 Å². The summed E-state index contributed by atoms with van der Waals surface area (Å²) in [5.41, 5.74) is 1.60. The number of carbonyl (C=O) groups is 2. The molecular formula is C28H35ClFN4O12P. The number of rotatable bonds is 15. The lowest BCUT2D eigenvalue weighted by Gasteiger charge is -2.20. The van der Waals surface area contributed by atoms with E-state index in [-0.39, 0.29) is 22.7 Å². The van der Waals surface area contributed by atoms with E-state index in [0.717, 1.165) is 12.5 Å². The Morgan fingerprint density at radius 1 is 1.13 bits per heavy atom. The van der Waals surface area contributed by atoms with Gasteiger partial charge in [-0.15, -0.1) is 0 Å². The van der Waals surface area contributed by atoms with Crippen molar-refractivity contribution in [2.75, 3.05) is 31.9 Å². The van der Waals surface area contributed by atoms with Gasteiger partial charge in [-0.3, -0.25) is 18.4 Å². The summed E-state index contributed by atoms with van der Waals surface area (Å²) in [6.07, 6.45) is -6.17. The molecule has 0 spiro atoms. The summed E-state index contributed by atoms with van der Waals surface area (Å²) in [5, 5.41) is 29.8. The molecule has 0 amide bonds. The Labute approximate surface area is 273 Å². The fraction of sp³-hybridized carbons (Fsp3) is 0.500. The summed E-state index contributed by atoms with van der Waals surface area (Å²) in [6, 6.07) is 7.35. The number of hydrogen-bond donors (Lipinski definition) is 3. The van der Waals surface area contributed by atoms with E-state index < -0.39 is 76.9 Å². The number of halogens is 2. The number of aromatic nitrogens is 3. The van der Waals surface area contributed by atoms with Gasteiger partial charge in [0.15, 0.2) is 11.9 Å². The molecule has 3 aromatic rings. The van der Waals surface area contributed by atoms with Gasteiger partial charge in [-0.2, -0.15) is 5.10 Å². The first kappa shape index (κ1) is 36.4. The molecule has 16 nitrogen and oxygen atoms in total. The van der Waals surface area contributed by atoms with Crippen LogP contribution in [0.4, 0.5) is 14.9 Å². The third kappa shape index (κ3) is 9.81. The lowest BCUT2D eigenvalue weighted by Crippen LogP contribution is -2.34. The van der Waals surface area contributed by atoms with Crippen LogP contribution >= 0.6 is 19.2 Å². The molecule has 3 N–H and O–H groups in total. The minimum Gasteiger partial charge on any atom is -0.438 e. The predicted molar refractivity (Wildman–Crippen MR) is 162 cm³/mol. The molecule has 0 bridgehead atoms. The van der Waals surface area contributed by atoms with Crippen LogP contribution in [0, 0.1) is 5.82 Å². The average Bonchev–Trinajstić information content (AvgIpc) is 3.53. The molecule has 1 unspecified atom stereocenters. The zero-order valence-electron chi connectivity index (χ0n) is 25.8. The number of carbonyl (C=O) groups excluding carboxylic acids is 2. The van der Waals surface area contributed by atoms with Crippen molar-refractivity contribution in [1.29, 1.82) is 0 Å². The Morgan fingerprint density at radius 3 is 2.47 bits per heavy atom. The highest BCUT2D eigenvalue weighted by Gasteiger charge is 2.45. The smallest absolute Gasteiger partial charge is 0.438 e. The first-order chi connectivity index (χ1) is 22.3. The third-order valence-corrected chi connectivity index (χ3v) is 8.35. The van der Waals surface area contributed by atoms with Gasteiger partial charge in [-0.05, 0) is 44.5 Å². The Bertz CT molecular complexity index is 1580. The van der Waals surface area contributed by atoms with Crippen LogP contribution < -0.4 is 5.32 Å². The number of fused-ring (bicyclic) bond motifs is 1. The lowest BCUT2D eigenvalue weighted by atomic mass is 10.1. The van der Waals surface area contributed by atoms with Crippen molar-refractivity contribution in [3.05, 3.63) is 53.1 Å². The van der Waals surface area contributed by atoms with Crippen molar-refractivity contribution < 1.29 is 61.5 Å². The molecule has 1 saturated heterocycles. The van der Waals surface area contributed by atoms with Gasteiger partial charge in [-0.1, -0.05) is 23.7 Å². The standard InChI is InChI=1S/C28H35ClFN4O12P/c1-15(2)45-28(38)42-13-44-47(39,43-12-41-17(4)35)14-40-11-22-24(36)25(37)27(46-22)34-26-20(10-31-34)21(9-23(29)33-26)32-16(3)18-5-7-19(30)8-6-18/h5-10,15-16,22,24-25,27,36-37H,11-14H2,1-4H3,(H,32,33)/t16-,22+,24+,25+,27+,47?/m0/s1. The van der Waals surface area contributed by atoms with Gasteiger partial charge >= 0.3 is 19.7 Å². The summed E-state index contributed by atoms with van der Waals surface area (Å²) in [6.45, 7) is 4.17. The molecule has 0 saturated carbocycles. The number of nitrogens with one attached hydrogen (secondary N) is 1. The van der Waals surface area contributed by atoms with E-state index >= 15 is 0 Å². The maximum atomic E-state index is 13.4. The molecule has 4 rings (SSSR count).